The monoisotopic (exact) mass is 2030 g/mol. The highest BCUT2D eigenvalue weighted by Gasteiger charge is 2.51. The van der Waals surface area contributed by atoms with E-state index in [1.807, 2.05) is 0 Å². The number of aliphatic hydroxyl groups excluding tert-OH is 10. The molecule has 133 heavy (non-hydrogen) atoms. The second-order valence-corrected chi connectivity index (χ2v) is 39.5. The van der Waals surface area contributed by atoms with Gasteiger partial charge in [-0.15, -0.1) is 0 Å². The highest BCUT2D eigenvalue weighted by atomic mass is 31.2. The molecule has 8 unspecified atom stereocenters. The van der Waals surface area contributed by atoms with Crippen molar-refractivity contribution in [2.45, 2.75) is 291 Å². The van der Waals surface area contributed by atoms with Crippen molar-refractivity contribution in [2.24, 2.45) is 0 Å². The van der Waals surface area contributed by atoms with Crippen molar-refractivity contribution in [3.05, 3.63) is 0 Å². The van der Waals surface area contributed by atoms with Gasteiger partial charge in [-0.3, -0.25) is 74.0 Å². The number of phosphoric acid groups is 5. The molecule has 60 heteroatoms. The summed E-state index contributed by atoms with van der Waals surface area (Å²) < 4.78 is 191. The fourth-order valence-electron chi connectivity index (χ4n) is 13.8. The number of nitrogens with one attached hydrogen (secondary N) is 6. The lowest BCUT2D eigenvalue weighted by Gasteiger charge is -2.42. The lowest BCUT2D eigenvalue weighted by atomic mass is 9.97. The van der Waals surface area contributed by atoms with Crippen LogP contribution in [0.3, 0.4) is 0 Å². The van der Waals surface area contributed by atoms with Crippen LogP contribution < -0.4 is 31.9 Å². The van der Waals surface area contributed by atoms with Gasteiger partial charge >= 0.3 is 39.1 Å². The van der Waals surface area contributed by atoms with Crippen LogP contribution in [-0.4, -0.2) is 403 Å². The third kappa shape index (κ3) is 44.7. The lowest BCUT2D eigenvalue weighted by Crippen LogP contribution is -2.64. The number of amides is 6. The molecule has 0 aliphatic carbocycles. The Bertz CT molecular complexity index is 3710. The summed E-state index contributed by atoms with van der Waals surface area (Å²) in [5, 5.41) is 116. The number of unbranched alkanes of at least 4 members (excludes halogenated alkanes) is 9. The zero-order valence-corrected chi connectivity index (χ0v) is 79.1. The van der Waals surface area contributed by atoms with Crippen LogP contribution >= 0.6 is 39.1 Å². The van der Waals surface area contributed by atoms with Gasteiger partial charge in [0.15, 0.2) is 37.7 Å². The molecule has 29 atom stereocenters. The van der Waals surface area contributed by atoms with E-state index in [1.165, 1.54) is 6.92 Å². The van der Waals surface area contributed by atoms with Crippen molar-refractivity contribution in [1.29, 1.82) is 0 Å². The van der Waals surface area contributed by atoms with Gasteiger partial charge in [0.2, 0.25) is 35.4 Å². The molecule has 0 bridgehead atoms. The molecular weight excluding hydrogens is 1900 g/mol. The topological polar surface area (TPSA) is 776 Å². The molecule has 6 rings (SSSR count). The van der Waals surface area contributed by atoms with Crippen LogP contribution in [0.2, 0.25) is 0 Å². The molecule has 6 aliphatic rings. The SMILES string of the molecule is CC(=O)N[C@H]1[C@H](OCC(=O)NCCCCCCO[C@H]2CC(OP(=O)(O)OCCOP(=O)(O)OC[C@H]3O[C@@H](OCCCCCCNC(=O)CO[C@@H]4O[C@H](CO)[C@H](O)[C@H](O)[C@H]4NC(C)=O)CC3OP(=O)(O)OCCOP(=O)(O)OC[C@H]3O[C@@H](OCCCCCCNC(=O)CO[C@@H]4O[C@H](CO)[C@H](O)[C@H](O)[C@H]4NC(C)=O)CC3OP(=O)(O)OCCOC(C)(C)C)[C@@H](CO)O2)O[C@H](CO)[C@H](O)[C@@H]1O. The van der Waals surface area contributed by atoms with Gasteiger partial charge in [-0.05, 0) is 59.3 Å². The smallest absolute Gasteiger partial charge is 0.394 e. The van der Waals surface area contributed by atoms with Gasteiger partial charge in [0.25, 0.3) is 0 Å². The third-order valence-corrected chi connectivity index (χ3v) is 25.4. The molecule has 6 aliphatic heterocycles. The van der Waals surface area contributed by atoms with Crippen molar-refractivity contribution in [1.82, 2.24) is 31.9 Å². The zero-order chi connectivity index (χ0) is 98.3. The van der Waals surface area contributed by atoms with E-state index in [2.05, 4.69) is 31.9 Å². The summed E-state index contributed by atoms with van der Waals surface area (Å²) in [4.78, 5) is 127. The molecule has 0 radical (unpaired) electrons. The van der Waals surface area contributed by atoms with Crippen LogP contribution in [0.5, 0.6) is 0 Å². The Labute approximate surface area is 767 Å². The maximum atomic E-state index is 13.6. The molecule has 0 saturated carbocycles. The largest absolute Gasteiger partial charge is 0.472 e. The third-order valence-electron chi connectivity index (χ3n) is 20.3. The number of hydrogen-bond acceptors (Lipinski definition) is 44. The zero-order valence-electron chi connectivity index (χ0n) is 74.6. The molecule has 6 saturated heterocycles. The standard InChI is InChI=1S/C73H135N6O49P5/c1-43(84)77-61-67(93)64(90)50(35-81)123-70(61)109-40-55(87)74-19-13-7-10-16-22-106-58-31-46(49(34-80)120-58)126-132(102,103)116-29-27-113-129(96,97)119-39-54-48(33-60(122-54)108-24-18-12-9-15-21-76-57(89)42-111-72-63(79-45(3)86)69(95)66(92)52(37-83)125-72)128-133(104,105)117-30-28-114-130(98,99)118-38-53-47(127-131(100,101)115-26-25-112-73(4,5)6)32-59(121-53)107-23-17-11-8-14-20-75-56(88)41-110-71-62(78-44(2)85)68(94)65(91)51(36-82)124-71/h46-54,58-72,80-83,90-95H,7-42H2,1-6H3,(H,74,87)(H,75,88)(H,76,89)(H,77,84)(H,78,85)(H,79,86)(H,96,97)(H,98,99)(H,100,101)(H,102,103)(H,104,105)/t46?,47?,48?,49-,50-,51-,52-,53-,54-,58-,59-,60-,61-,62-,63-,64+,65+,66+,67-,68-,69-,70-,71-,72-/m1/s1. The highest BCUT2D eigenvalue weighted by molar-refractivity contribution is 7.48. The van der Waals surface area contributed by atoms with Crippen LogP contribution in [0.1, 0.15) is 138 Å². The molecule has 0 aromatic rings. The van der Waals surface area contributed by atoms with Crippen LogP contribution in [-0.2, 0) is 158 Å². The summed E-state index contributed by atoms with van der Waals surface area (Å²) in [6.45, 7) is -0.888. The summed E-state index contributed by atoms with van der Waals surface area (Å²) in [7, 11) is -25.6. The number of carbonyl (C=O) groups is 6. The van der Waals surface area contributed by atoms with E-state index < -0.39 is 320 Å². The van der Waals surface area contributed by atoms with Crippen LogP contribution in [0.4, 0.5) is 0 Å². The molecular formula is C73H135N6O49P5. The first-order valence-corrected chi connectivity index (χ1v) is 50.8. The van der Waals surface area contributed by atoms with E-state index in [9.17, 15) is 127 Å². The Morgan fingerprint density at radius 3 is 0.865 bits per heavy atom. The van der Waals surface area contributed by atoms with Gasteiger partial charge < -0.3 is 169 Å². The predicted octanol–water partition coefficient (Wildman–Crippen LogP) is -4.13. The fourth-order valence-corrected chi connectivity index (χ4v) is 18.0. The Morgan fingerprint density at radius 2 is 0.586 bits per heavy atom. The van der Waals surface area contributed by atoms with E-state index in [-0.39, 0.29) is 65.3 Å². The van der Waals surface area contributed by atoms with Gasteiger partial charge in [-0.25, -0.2) is 22.8 Å². The normalized spacial score (nSPS) is 31.4. The van der Waals surface area contributed by atoms with E-state index in [0.29, 0.717) is 77.0 Å². The van der Waals surface area contributed by atoms with Crippen molar-refractivity contribution in [3.63, 3.8) is 0 Å². The second kappa shape index (κ2) is 59.4. The minimum Gasteiger partial charge on any atom is -0.394 e. The van der Waals surface area contributed by atoms with Crippen molar-refractivity contribution >= 4 is 74.6 Å². The Kier molecular flexibility index (Phi) is 52.8. The van der Waals surface area contributed by atoms with Gasteiger partial charge in [0, 0.05) is 79.5 Å². The lowest BCUT2D eigenvalue weighted by molar-refractivity contribution is -0.268. The summed E-state index contributed by atoms with van der Waals surface area (Å²) in [6.07, 6.45) is -23.6. The van der Waals surface area contributed by atoms with Gasteiger partial charge in [0.05, 0.1) is 84.9 Å². The maximum Gasteiger partial charge on any atom is 0.472 e. The highest BCUT2D eigenvalue weighted by Crippen LogP contribution is 2.53. The molecule has 6 amide bonds. The maximum absolute atomic E-state index is 13.6. The number of carbonyl (C=O) groups excluding carboxylic acids is 6. The number of ether oxygens (including phenoxy) is 13. The van der Waals surface area contributed by atoms with Crippen LogP contribution in [0, 0.1) is 0 Å². The van der Waals surface area contributed by atoms with Gasteiger partial charge in [-0.1, -0.05) is 38.5 Å². The molecule has 0 spiro atoms. The molecule has 6 fully saturated rings. The van der Waals surface area contributed by atoms with Crippen LogP contribution in [0.15, 0.2) is 0 Å². The first-order valence-electron chi connectivity index (χ1n) is 43.4. The first kappa shape index (κ1) is 118. The van der Waals surface area contributed by atoms with E-state index in [4.69, 9.17) is 107 Å². The molecule has 21 N–H and O–H groups in total. The quantitative estimate of drug-likeness (QED) is 0.0203. The second-order valence-electron chi connectivity index (χ2n) is 32.3. The Hall–Kier alpha value is -3.55. The molecule has 6 heterocycles. The Balaban J connectivity index is 0.944. The average molecular weight is 2040 g/mol. The number of aliphatic hydroxyl groups is 10. The summed E-state index contributed by atoms with van der Waals surface area (Å²) in [6, 6.07) is -3.75. The van der Waals surface area contributed by atoms with Crippen molar-refractivity contribution in [2.75, 3.05) is 139 Å². The average Bonchev–Trinajstić information content (AvgIpc) is 1.80. The number of phosphoric ester groups is 5. The van der Waals surface area contributed by atoms with E-state index in [0.717, 1.165) is 13.8 Å². The van der Waals surface area contributed by atoms with Gasteiger partial charge in [0.1, 0.15) is 130 Å². The summed E-state index contributed by atoms with van der Waals surface area (Å²) >= 11 is 0. The van der Waals surface area contributed by atoms with E-state index >= 15 is 0 Å². The summed E-state index contributed by atoms with van der Waals surface area (Å²) in [5.41, 5.74) is -0.633. The summed E-state index contributed by atoms with van der Waals surface area (Å²) in [5.74, 6) is -3.47. The molecule has 55 nitrogen and oxygen atoms in total. The minimum atomic E-state index is -5.29. The van der Waals surface area contributed by atoms with Crippen LogP contribution in [0.25, 0.3) is 0 Å². The molecule has 776 valence electrons. The minimum absolute atomic E-state index is 0.0163. The van der Waals surface area contributed by atoms with Gasteiger partial charge in [-0.2, -0.15) is 0 Å². The molecule has 0 aromatic carbocycles. The predicted molar refractivity (Wildman–Crippen MR) is 444 cm³/mol. The first-order chi connectivity index (χ1) is 62.7. The molecule has 0 aromatic heterocycles. The Morgan fingerprint density at radius 1 is 0.323 bits per heavy atom. The van der Waals surface area contributed by atoms with Crippen molar-refractivity contribution < 1.29 is 234 Å². The number of rotatable bonds is 66. The fraction of sp³-hybridized carbons (Fsp3) is 0.918. The van der Waals surface area contributed by atoms with Crippen molar-refractivity contribution in [3.8, 4) is 0 Å². The number of hydrogen-bond donors (Lipinski definition) is 21. The van der Waals surface area contributed by atoms with E-state index in [1.54, 1.807) is 20.8 Å².